The van der Waals surface area contributed by atoms with Crippen molar-refractivity contribution in [2.75, 3.05) is 6.54 Å². The smallest absolute Gasteiger partial charge is 0.326 e. The molecule has 4 unspecified atom stereocenters. The monoisotopic (exact) mass is 516 g/mol. The molecule has 11 nitrogen and oxygen atoms in total. The molecule has 9 N–H and O–H groups in total. The fraction of sp³-hybridized carbons (Fsp3) is 0.538. The summed E-state index contributed by atoms with van der Waals surface area (Å²) in [7, 11) is 0. The van der Waals surface area contributed by atoms with Crippen LogP contribution in [0.15, 0.2) is 30.5 Å². The van der Waals surface area contributed by atoms with Gasteiger partial charge in [-0.2, -0.15) is 0 Å². The van der Waals surface area contributed by atoms with Crippen molar-refractivity contribution in [2.45, 2.75) is 77.0 Å². The average molecular weight is 517 g/mol. The van der Waals surface area contributed by atoms with Gasteiger partial charge in [0.05, 0.1) is 6.04 Å². The van der Waals surface area contributed by atoms with Gasteiger partial charge < -0.3 is 37.5 Å². The van der Waals surface area contributed by atoms with Crippen LogP contribution in [-0.2, 0) is 25.6 Å². The van der Waals surface area contributed by atoms with Gasteiger partial charge in [0.15, 0.2) is 0 Å². The summed E-state index contributed by atoms with van der Waals surface area (Å²) in [6.45, 7) is 5.73. The third kappa shape index (κ3) is 9.18. The number of rotatable bonds is 15. The number of fused-ring (bicyclic) bond motifs is 1. The van der Waals surface area contributed by atoms with E-state index in [1.807, 2.05) is 38.1 Å². The third-order valence-electron chi connectivity index (χ3n) is 6.05. The zero-order valence-corrected chi connectivity index (χ0v) is 21.8. The standard InChI is InChI=1S/C26H40N6O5/c1-15(2)12-21(24(34)30-20(26(36)37)10-6-7-11-27)32-25(35)22(31-23(33)16(3)28)13-17-14-29-19-9-5-4-8-18(17)19/h4-5,8-9,14-16,20-22,29H,6-7,10-13,27-28H2,1-3H3,(H,30,34)(H,31,33)(H,32,35)(H,36,37). The fourth-order valence-corrected chi connectivity index (χ4v) is 4.03. The fourth-order valence-electron chi connectivity index (χ4n) is 4.03. The molecule has 1 aromatic carbocycles. The molecule has 2 aromatic rings. The van der Waals surface area contributed by atoms with Gasteiger partial charge in [0.1, 0.15) is 18.1 Å². The second-order valence-electron chi connectivity index (χ2n) is 9.79. The second kappa shape index (κ2) is 14.3. The first-order valence-electron chi connectivity index (χ1n) is 12.7. The van der Waals surface area contributed by atoms with Crippen molar-refractivity contribution in [1.29, 1.82) is 0 Å². The maximum Gasteiger partial charge on any atom is 0.326 e. The molecule has 1 heterocycles. The van der Waals surface area contributed by atoms with Crippen molar-refractivity contribution >= 4 is 34.6 Å². The highest BCUT2D eigenvalue weighted by Gasteiger charge is 2.30. The van der Waals surface area contributed by atoms with E-state index in [9.17, 15) is 24.3 Å². The lowest BCUT2D eigenvalue weighted by Gasteiger charge is -2.26. The first-order valence-corrected chi connectivity index (χ1v) is 12.7. The maximum atomic E-state index is 13.4. The molecule has 1 aromatic heterocycles. The number of H-pyrrole nitrogens is 1. The minimum absolute atomic E-state index is 0.0299. The van der Waals surface area contributed by atoms with E-state index in [1.54, 1.807) is 6.20 Å². The number of carbonyl (C=O) groups is 4. The van der Waals surface area contributed by atoms with Crippen LogP contribution in [0.1, 0.15) is 52.0 Å². The molecule has 4 atom stereocenters. The number of aliphatic carboxylic acids is 1. The SMILES string of the molecule is CC(C)CC(NC(=O)C(Cc1c[nH]c2ccccc12)NC(=O)C(C)N)C(=O)NC(CCCCN)C(=O)O. The molecule has 0 saturated carbocycles. The Bertz CT molecular complexity index is 1070. The van der Waals surface area contributed by atoms with Crippen molar-refractivity contribution < 1.29 is 24.3 Å². The van der Waals surface area contributed by atoms with E-state index in [0.29, 0.717) is 19.4 Å². The molecule has 0 fully saturated rings. The van der Waals surface area contributed by atoms with E-state index in [-0.39, 0.29) is 25.2 Å². The van der Waals surface area contributed by atoms with Crippen LogP contribution in [0.4, 0.5) is 0 Å². The van der Waals surface area contributed by atoms with Crippen LogP contribution in [0.2, 0.25) is 0 Å². The van der Waals surface area contributed by atoms with Crippen LogP contribution < -0.4 is 27.4 Å². The van der Waals surface area contributed by atoms with Gasteiger partial charge in [0.25, 0.3) is 0 Å². The van der Waals surface area contributed by atoms with Gasteiger partial charge in [0.2, 0.25) is 17.7 Å². The summed E-state index contributed by atoms with van der Waals surface area (Å²) < 4.78 is 0. The summed E-state index contributed by atoms with van der Waals surface area (Å²) in [5.41, 5.74) is 12.9. The summed E-state index contributed by atoms with van der Waals surface area (Å²) in [6, 6.07) is 3.68. The van der Waals surface area contributed by atoms with Crippen LogP contribution in [0.5, 0.6) is 0 Å². The number of amides is 3. The Kier molecular flexibility index (Phi) is 11.5. The molecular formula is C26H40N6O5. The molecule has 0 aliphatic carbocycles. The Morgan fingerprint density at radius 1 is 0.919 bits per heavy atom. The van der Waals surface area contributed by atoms with E-state index in [1.165, 1.54) is 6.92 Å². The van der Waals surface area contributed by atoms with E-state index >= 15 is 0 Å². The number of aromatic amines is 1. The van der Waals surface area contributed by atoms with Crippen molar-refractivity contribution in [1.82, 2.24) is 20.9 Å². The zero-order valence-electron chi connectivity index (χ0n) is 21.8. The Hall–Kier alpha value is -3.44. The van der Waals surface area contributed by atoms with E-state index < -0.39 is 47.9 Å². The number of nitrogens with two attached hydrogens (primary N) is 2. The minimum Gasteiger partial charge on any atom is -0.480 e. The number of nitrogens with one attached hydrogen (secondary N) is 4. The molecular weight excluding hydrogens is 476 g/mol. The summed E-state index contributed by atoms with van der Waals surface area (Å²) in [5.74, 6) is -2.78. The molecule has 2 rings (SSSR count). The number of carboxylic acids is 1. The minimum atomic E-state index is -1.15. The van der Waals surface area contributed by atoms with Gasteiger partial charge in [-0.3, -0.25) is 14.4 Å². The topological polar surface area (TPSA) is 192 Å². The number of unbranched alkanes of at least 4 members (excludes halogenated alkanes) is 1. The first kappa shape index (κ1) is 29.8. The maximum absolute atomic E-state index is 13.4. The Labute approximate surface area is 217 Å². The molecule has 0 radical (unpaired) electrons. The van der Waals surface area contributed by atoms with Gasteiger partial charge in [0, 0.05) is 23.5 Å². The Balaban J connectivity index is 2.23. The molecule has 0 aliphatic rings. The lowest BCUT2D eigenvalue weighted by atomic mass is 10.00. The van der Waals surface area contributed by atoms with Gasteiger partial charge in [-0.25, -0.2) is 4.79 Å². The molecule has 0 saturated heterocycles. The number of benzene rings is 1. The Morgan fingerprint density at radius 2 is 1.54 bits per heavy atom. The highest BCUT2D eigenvalue weighted by atomic mass is 16.4. The predicted octanol–water partition coefficient (Wildman–Crippen LogP) is 0.772. The van der Waals surface area contributed by atoms with Gasteiger partial charge in [-0.1, -0.05) is 32.0 Å². The van der Waals surface area contributed by atoms with E-state index in [4.69, 9.17) is 11.5 Å². The number of carbonyl (C=O) groups excluding carboxylic acids is 3. The first-order chi connectivity index (χ1) is 17.5. The third-order valence-corrected chi connectivity index (χ3v) is 6.05. The highest BCUT2D eigenvalue weighted by molar-refractivity contribution is 5.94. The second-order valence-corrected chi connectivity index (χ2v) is 9.79. The van der Waals surface area contributed by atoms with Crippen molar-refractivity contribution in [3.05, 3.63) is 36.0 Å². The van der Waals surface area contributed by atoms with E-state index in [2.05, 4.69) is 20.9 Å². The van der Waals surface area contributed by atoms with Crippen LogP contribution in [0, 0.1) is 5.92 Å². The summed E-state index contributed by atoms with van der Waals surface area (Å²) in [6.07, 6.45) is 3.65. The van der Waals surface area contributed by atoms with Gasteiger partial charge in [-0.05, 0) is 56.7 Å². The zero-order chi connectivity index (χ0) is 27.5. The van der Waals surface area contributed by atoms with Gasteiger partial charge >= 0.3 is 5.97 Å². The number of carboxylic acid groups (broad SMARTS) is 1. The van der Waals surface area contributed by atoms with Crippen LogP contribution >= 0.6 is 0 Å². The quantitative estimate of drug-likeness (QED) is 0.170. The van der Waals surface area contributed by atoms with Crippen LogP contribution in [0.25, 0.3) is 10.9 Å². The van der Waals surface area contributed by atoms with Crippen molar-refractivity contribution in [3.8, 4) is 0 Å². The van der Waals surface area contributed by atoms with Crippen molar-refractivity contribution in [3.63, 3.8) is 0 Å². The normalized spacial score (nSPS) is 14.5. The molecule has 204 valence electrons. The molecule has 11 heteroatoms. The predicted molar refractivity (Wildman–Crippen MR) is 141 cm³/mol. The van der Waals surface area contributed by atoms with Crippen molar-refractivity contribution in [2.24, 2.45) is 17.4 Å². The highest BCUT2D eigenvalue weighted by Crippen LogP contribution is 2.19. The molecule has 3 amide bonds. The summed E-state index contributed by atoms with van der Waals surface area (Å²) in [5, 5.41) is 18.4. The van der Waals surface area contributed by atoms with E-state index in [0.717, 1.165) is 16.5 Å². The molecule has 0 spiro atoms. The number of hydrogen-bond acceptors (Lipinski definition) is 6. The summed E-state index contributed by atoms with van der Waals surface area (Å²) >= 11 is 0. The lowest BCUT2D eigenvalue weighted by Crippen LogP contribution is -2.57. The lowest BCUT2D eigenvalue weighted by molar-refractivity contribution is -0.142. The molecule has 0 bridgehead atoms. The molecule has 0 aliphatic heterocycles. The number of aromatic nitrogens is 1. The van der Waals surface area contributed by atoms with Crippen LogP contribution in [-0.4, -0.2) is 64.5 Å². The molecule has 37 heavy (non-hydrogen) atoms. The Morgan fingerprint density at radius 3 is 2.16 bits per heavy atom. The largest absolute Gasteiger partial charge is 0.480 e. The number of hydrogen-bond donors (Lipinski definition) is 7. The summed E-state index contributed by atoms with van der Waals surface area (Å²) in [4.78, 5) is 53.7. The number of para-hydroxylation sites is 1. The van der Waals surface area contributed by atoms with Gasteiger partial charge in [-0.15, -0.1) is 0 Å². The average Bonchev–Trinajstić information content (AvgIpc) is 3.24. The van der Waals surface area contributed by atoms with Crippen LogP contribution in [0.3, 0.4) is 0 Å².